The van der Waals surface area contributed by atoms with Crippen LogP contribution in [-0.4, -0.2) is 27.5 Å². The number of pyridine rings is 1. The van der Waals surface area contributed by atoms with Crippen molar-refractivity contribution in [2.24, 2.45) is 0 Å². The second-order valence-corrected chi connectivity index (χ2v) is 5.29. The second-order valence-electron chi connectivity index (χ2n) is 5.29. The standard InChI is InChI=1S/C16H19N5O/c1-2-18-16(22)21-14-7-3-6-13-12(14)10-19-15(20-13)11-5-4-8-17-9-11/h4-5,8-10,14H,2-3,6-7H2,1H3,(H2,18,21,22)/t14-/m0/s1. The maximum Gasteiger partial charge on any atom is 0.315 e. The van der Waals surface area contributed by atoms with Gasteiger partial charge in [-0.25, -0.2) is 14.8 Å². The molecule has 2 N–H and O–H groups in total. The molecule has 114 valence electrons. The second kappa shape index (κ2) is 6.51. The van der Waals surface area contributed by atoms with Crippen LogP contribution in [0.4, 0.5) is 4.79 Å². The highest BCUT2D eigenvalue weighted by molar-refractivity contribution is 5.74. The first-order valence-corrected chi connectivity index (χ1v) is 7.58. The summed E-state index contributed by atoms with van der Waals surface area (Å²) in [5, 5.41) is 5.75. The summed E-state index contributed by atoms with van der Waals surface area (Å²) in [5.41, 5.74) is 2.94. The van der Waals surface area contributed by atoms with E-state index in [0.29, 0.717) is 12.4 Å². The van der Waals surface area contributed by atoms with Crippen LogP contribution in [0.15, 0.2) is 30.7 Å². The zero-order valence-electron chi connectivity index (χ0n) is 12.5. The third-order valence-corrected chi connectivity index (χ3v) is 3.74. The van der Waals surface area contributed by atoms with Crippen LogP contribution >= 0.6 is 0 Å². The van der Waals surface area contributed by atoms with Crippen molar-refractivity contribution >= 4 is 6.03 Å². The average Bonchev–Trinajstić information content (AvgIpc) is 2.56. The third-order valence-electron chi connectivity index (χ3n) is 3.74. The molecule has 1 atom stereocenters. The summed E-state index contributed by atoms with van der Waals surface area (Å²) in [6, 6.07) is 3.66. The lowest BCUT2D eigenvalue weighted by Gasteiger charge is -2.25. The molecule has 0 radical (unpaired) electrons. The van der Waals surface area contributed by atoms with Crippen LogP contribution in [0.25, 0.3) is 11.4 Å². The number of rotatable bonds is 3. The number of carbonyl (C=O) groups excluding carboxylic acids is 1. The van der Waals surface area contributed by atoms with Gasteiger partial charge < -0.3 is 10.6 Å². The Kier molecular flexibility index (Phi) is 4.27. The van der Waals surface area contributed by atoms with E-state index in [1.165, 1.54) is 0 Å². The van der Waals surface area contributed by atoms with E-state index < -0.39 is 0 Å². The predicted molar refractivity (Wildman–Crippen MR) is 83.2 cm³/mol. The maximum absolute atomic E-state index is 11.7. The van der Waals surface area contributed by atoms with Crippen molar-refractivity contribution in [2.75, 3.05) is 6.54 Å². The molecule has 2 aromatic rings. The summed E-state index contributed by atoms with van der Waals surface area (Å²) in [7, 11) is 0. The SMILES string of the molecule is CCNC(=O)N[C@H]1CCCc2nc(-c3cccnc3)ncc21. The largest absolute Gasteiger partial charge is 0.338 e. The van der Waals surface area contributed by atoms with Crippen LogP contribution in [-0.2, 0) is 6.42 Å². The highest BCUT2D eigenvalue weighted by Crippen LogP contribution is 2.29. The number of amides is 2. The molecule has 0 unspecified atom stereocenters. The molecule has 0 aromatic carbocycles. The Morgan fingerprint density at radius 2 is 2.32 bits per heavy atom. The van der Waals surface area contributed by atoms with Crippen LogP contribution in [0.2, 0.25) is 0 Å². The van der Waals surface area contributed by atoms with Crippen molar-refractivity contribution in [3.05, 3.63) is 42.0 Å². The Hall–Kier alpha value is -2.50. The molecule has 1 aliphatic rings. The normalized spacial score (nSPS) is 16.7. The molecule has 0 saturated carbocycles. The molecule has 0 aliphatic heterocycles. The number of carbonyl (C=O) groups is 1. The maximum atomic E-state index is 11.7. The van der Waals surface area contributed by atoms with E-state index >= 15 is 0 Å². The zero-order chi connectivity index (χ0) is 15.4. The molecule has 0 fully saturated rings. The fraction of sp³-hybridized carbons (Fsp3) is 0.375. The number of urea groups is 1. The van der Waals surface area contributed by atoms with Crippen molar-refractivity contribution in [3.63, 3.8) is 0 Å². The number of nitrogens with one attached hydrogen (secondary N) is 2. The van der Waals surface area contributed by atoms with Gasteiger partial charge in [0.25, 0.3) is 0 Å². The lowest BCUT2D eigenvalue weighted by Crippen LogP contribution is -2.39. The van der Waals surface area contributed by atoms with Crippen LogP contribution in [0, 0.1) is 0 Å². The molecule has 6 nitrogen and oxygen atoms in total. The predicted octanol–water partition coefficient (Wildman–Crippen LogP) is 2.24. The van der Waals surface area contributed by atoms with Crippen molar-refractivity contribution in [1.29, 1.82) is 0 Å². The van der Waals surface area contributed by atoms with E-state index in [0.717, 1.165) is 36.1 Å². The Balaban J connectivity index is 1.85. The first kappa shape index (κ1) is 14.4. The number of aromatic nitrogens is 3. The Labute approximate surface area is 129 Å². The summed E-state index contributed by atoms with van der Waals surface area (Å²) in [6.45, 7) is 2.51. The molecule has 6 heteroatoms. The van der Waals surface area contributed by atoms with Gasteiger partial charge in [-0.1, -0.05) is 0 Å². The van der Waals surface area contributed by atoms with Crippen LogP contribution < -0.4 is 10.6 Å². The molecule has 0 bridgehead atoms. The van der Waals surface area contributed by atoms with Gasteiger partial charge >= 0.3 is 6.03 Å². The summed E-state index contributed by atoms with van der Waals surface area (Å²) in [5.74, 6) is 0.686. The average molecular weight is 297 g/mol. The number of nitrogens with zero attached hydrogens (tertiary/aromatic N) is 3. The Morgan fingerprint density at radius 1 is 1.41 bits per heavy atom. The minimum atomic E-state index is -0.142. The van der Waals surface area contributed by atoms with Crippen LogP contribution in [0.5, 0.6) is 0 Å². The number of fused-ring (bicyclic) bond motifs is 1. The summed E-state index contributed by atoms with van der Waals surface area (Å²) in [4.78, 5) is 24.9. The van der Waals surface area contributed by atoms with Crippen molar-refractivity contribution in [3.8, 4) is 11.4 Å². The summed E-state index contributed by atoms with van der Waals surface area (Å²) < 4.78 is 0. The van der Waals surface area contributed by atoms with E-state index in [9.17, 15) is 4.79 Å². The van der Waals surface area contributed by atoms with Gasteiger partial charge in [-0.3, -0.25) is 4.98 Å². The summed E-state index contributed by atoms with van der Waals surface area (Å²) >= 11 is 0. The topological polar surface area (TPSA) is 79.8 Å². The van der Waals surface area contributed by atoms with Crippen molar-refractivity contribution < 1.29 is 4.79 Å². The number of hydrogen-bond acceptors (Lipinski definition) is 4. The van der Waals surface area contributed by atoms with E-state index in [-0.39, 0.29) is 12.1 Å². The number of aryl methyl sites for hydroxylation is 1. The Morgan fingerprint density at radius 3 is 3.09 bits per heavy atom. The van der Waals surface area contributed by atoms with Crippen LogP contribution in [0.1, 0.15) is 37.1 Å². The fourth-order valence-corrected chi connectivity index (χ4v) is 2.70. The van der Waals surface area contributed by atoms with Gasteiger partial charge in [-0.15, -0.1) is 0 Å². The molecular formula is C16H19N5O. The molecule has 2 amide bonds. The first-order valence-electron chi connectivity index (χ1n) is 7.58. The first-order chi connectivity index (χ1) is 10.8. The van der Waals surface area contributed by atoms with E-state index in [1.807, 2.05) is 25.3 Å². The monoisotopic (exact) mass is 297 g/mol. The molecular weight excluding hydrogens is 278 g/mol. The van der Waals surface area contributed by atoms with Gasteiger partial charge in [0.15, 0.2) is 5.82 Å². The summed E-state index contributed by atoms with van der Waals surface area (Å²) in [6.07, 6.45) is 8.16. The van der Waals surface area contributed by atoms with Gasteiger partial charge in [0.2, 0.25) is 0 Å². The van der Waals surface area contributed by atoms with Gasteiger partial charge in [0.1, 0.15) is 0 Å². The van der Waals surface area contributed by atoms with Gasteiger partial charge in [-0.05, 0) is 38.3 Å². The third kappa shape index (κ3) is 3.05. The molecule has 3 rings (SSSR count). The Bertz CT molecular complexity index is 659. The van der Waals surface area contributed by atoms with E-state index in [1.54, 1.807) is 12.4 Å². The number of hydrogen-bond donors (Lipinski definition) is 2. The van der Waals surface area contributed by atoms with Gasteiger partial charge in [0.05, 0.1) is 6.04 Å². The quantitative estimate of drug-likeness (QED) is 0.910. The lowest BCUT2D eigenvalue weighted by molar-refractivity contribution is 0.236. The van der Waals surface area contributed by atoms with Gasteiger partial charge in [0, 0.05) is 42.0 Å². The molecule has 0 spiro atoms. The van der Waals surface area contributed by atoms with Crippen molar-refractivity contribution in [1.82, 2.24) is 25.6 Å². The molecule has 1 aliphatic carbocycles. The molecule has 2 heterocycles. The smallest absolute Gasteiger partial charge is 0.315 e. The van der Waals surface area contributed by atoms with E-state index in [4.69, 9.17) is 0 Å². The van der Waals surface area contributed by atoms with E-state index in [2.05, 4.69) is 25.6 Å². The molecule has 0 saturated heterocycles. The van der Waals surface area contributed by atoms with Crippen LogP contribution in [0.3, 0.4) is 0 Å². The molecule has 2 aromatic heterocycles. The van der Waals surface area contributed by atoms with Crippen molar-refractivity contribution in [2.45, 2.75) is 32.2 Å². The minimum Gasteiger partial charge on any atom is -0.338 e. The zero-order valence-corrected chi connectivity index (χ0v) is 12.5. The minimum absolute atomic E-state index is 0.0155. The molecule has 22 heavy (non-hydrogen) atoms. The highest BCUT2D eigenvalue weighted by Gasteiger charge is 2.23. The fourth-order valence-electron chi connectivity index (χ4n) is 2.70. The lowest BCUT2D eigenvalue weighted by atomic mass is 9.92. The highest BCUT2D eigenvalue weighted by atomic mass is 16.2. The van der Waals surface area contributed by atoms with Gasteiger partial charge in [-0.2, -0.15) is 0 Å².